The Labute approximate surface area is 230 Å². The number of benzene rings is 3. The number of carboxylic acid groups (broad SMARTS) is 1. The summed E-state index contributed by atoms with van der Waals surface area (Å²) < 4.78 is 6.99. The zero-order valence-corrected chi connectivity index (χ0v) is 23.0. The molecule has 0 bridgehead atoms. The van der Waals surface area contributed by atoms with Gasteiger partial charge in [0.15, 0.2) is 6.10 Å². The largest absolute Gasteiger partial charge is 0.479 e. The van der Waals surface area contributed by atoms with Gasteiger partial charge in [0.05, 0.1) is 15.8 Å². The molecule has 5 rings (SSSR count). The Morgan fingerprint density at radius 1 is 0.974 bits per heavy atom. The van der Waals surface area contributed by atoms with Gasteiger partial charge in [-0.15, -0.1) is 11.3 Å². The minimum Gasteiger partial charge on any atom is -0.479 e. The fourth-order valence-corrected chi connectivity index (χ4v) is 5.69. The van der Waals surface area contributed by atoms with Crippen molar-refractivity contribution in [1.82, 2.24) is 15.0 Å². The highest BCUT2D eigenvalue weighted by Crippen LogP contribution is 2.44. The summed E-state index contributed by atoms with van der Waals surface area (Å²) in [6, 6.07) is 17.5. The molecule has 0 aliphatic rings. The lowest BCUT2D eigenvalue weighted by Gasteiger charge is -2.28. The van der Waals surface area contributed by atoms with Crippen LogP contribution in [0.4, 0.5) is 0 Å². The summed E-state index contributed by atoms with van der Waals surface area (Å²) in [5, 5.41) is 11.7. The van der Waals surface area contributed by atoms with Gasteiger partial charge in [-0.3, -0.25) is 0 Å². The first kappa shape index (κ1) is 26.0. The van der Waals surface area contributed by atoms with E-state index in [9.17, 15) is 9.90 Å². The monoisotopic (exact) mass is 543 g/mol. The number of ether oxygens (including phenoxy) is 1. The van der Waals surface area contributed by atoms with Crippen LogP contribution < -0.4 is 0 Å². The van der Waals surface area contributed by atoms with Gasteiger partial charge in [0.1, 0.15) is 11.3 Å². The van der Waals surface area contributed by atoms with E-state index in [0.29, 0.717) is 10.6 Å². The van der Waals surface area contributed by atoms with Crippen LogP contribution in [-0.4, -0.2) is 31.6 Å². The fraction of sp³-hybridized carbons (Fsp3) is 0.200. The quantitative estimate of drug-likeness (QED) is 0.233. The summed E-state index contributed by atoms with van der Waals surface area (Å²) in [6.07, 6.45) is 3.91. The van der Waals surface area contributed by atoms with Crippen molar-refractivity contribution in [3.63, 3.8) is 0 Å². The topological polar surface area (TPSA) is 85.2 Å². The second-order valence-electron chi connectivity index (χ2n) is 10.0. The maximum atomic E-state index is 12.5. The van der Waals surface area contributed by atoms with Gasteiger partial charge in [-0.2, -0.15) is 0 Å². The van der Waals surface area contributed by atoms with Crippen molar-refractivity contribution in [2.75, 3.05) is 0 Å². The van der Waals surface area contributed by atoms with Crippen LogP contribution in [0.3, 0.4) is 0 Å². The third-order valence-electron chi connectivity index (χ3n) is 6.02. The number of aliphatic carboxylic acids is 1. The van der Waals surface area contributed by atoms with E-state index in [1.165, 1.54) is 17.7 Å². The summed E-state index contributed by atoms with van der Waals surface area (Å²) in [7, 11) is 0. The third kappa shape index (κ3) is 5.31. The second-order valence-corrected chi connectivity index (χ2v) is 11.4. The van der Waals surface area contributed by atoms with E-state index in [1.807, 2.05) is 76.2 Å². The summed E-state index contributed by atoms with van der Waals surface area (Å²) in [4.78, 5) is 25.8. The zero-order valence-electron chi connectivity index (χ0n) is 21.4. The van der Waals surface area contributed by atoms with Crippen molar-refractivity contribution in [2.45, 2.75) is 39.4 Å². The summed E-state index contributed by atoms with van der Waals surface area (Å²) >= 11 is 7.73. The van der Waals surface area contributed by atoms with E-state index in [1.54, 1.807) is 12.4 Å². The SMILES string of the molecule is Cc1cc2nc(-c3cccc(-c4cncnc4)c3)sc2c(-c2ccc(Cl)cc2)c1C(OC(C)(C)C)C(=O)O. The van der Waals surface area contributed by atoms with Gasteiger partial charge in [-0.1, -0.05) is 41.9 Å². The molecular formula is C30H26ClN3O3S. The Hall–Kier alpha value is -3.65. The average molecular weight is 544 g/mol. The van der Waals surface area contributed by atoms with Crippen LogP contribution in [0.15, 0.2) is 73.3 Å². The van der Waals surface area contributed by atoms with Gasteiger partial charge < -0.3 is 9.84 Å². The smallest absolute Gasteiger partial charge is 0.337 e. The third-order valence-corrected chi connectivity index (χ3v) is 7.41. The maximum absolute atomic E-state index is 12.5. The molecule has 2 heterocycles. The number of hydrogen-bond acceptors (Lipinski definition) is 6. The molecule has 0 amide bonds. The van der Waals surface area contributed by atoms with E-state index < -0.39 is 17.7 Å². The van der Waals surface area contributed by atoms with Crippen LogP contribution in [0.5, 0.6) is 0 Å². The molecule has 3 aromatic carbocycles. The van der Waals surface area contributed by atoms with Gasteiger partial charge in [0.25, 0.3) is 0 Å². The molecule has 0 fully saturated rings. The number of hydrogen-bond donors (Lipinski definition) is 1. The van der Waals surface area contributed by atoms with Gasteiger partial charge in [-0.05, 0) is 68.7 Å². The first-order chi connectivity index (χ1) is 18.1. The Kier molecular flexibility index (Phi) is 7.01. The van der Waals surface area contributed by atoms with Gasteiger partial charge in [-0.25, -0.2) is 19.7 Å². The fourth-order valence-electron chi connectivity index (χ4n) is 4.44. The molecule has 5 aromatic rings. The van der Waals surface area contributed by atoms with Crippen LogP contribution in [0.25, 0.3) is 43.0 Å². The minimum absolute atomic E-state index is 0.603. The molecule has 38 heavy (non-hydrogen) atoms. The number of carbonyl (C=O) groups is 1. The maximum Gasteiger partial charge on any atom is 0.337 e. The van der Waals surface area contributed by atoms with Crippen molar-refractivity contribution in [3.8, 4) is 32.8 Å². The van der Waals surface area contributed by atoms with Crippen molar-refractivity contribution in [2.24, 2.45) is 0 Å². The van der Waals surface area contributed by atoms with Crippen molar-refractivity contribution < 1.29 is 14.6 Å². The number of fused-ring (bicyclic) bond motifs is 1. The molecule has 0 aliphatic heterocycles. The number of thiazole rings is 1. The highest BCUT2D eigenvalue weighted by molar-refractivity contribution is 7.22. The molecule has 192 valence electrons. The molecule has 0 aliphatic carbocycles. The molecule has 0 spiro atoms. The molecule has 1 N–H and O–H groups in total. The van der Waals surface area contributed by atoms with Gasteiger partial charge in [0.2, 0.25) is 0 Å². The Bertz CT molecular complexity index is 1630. The van der Waals surface area contributed by atoms with Gasteiger partial charge >= 0.3 is 5.97 Å². The normalized spacial score (nSPS) is 12.6. The summed E-state index contributed by atoms with van der Waals surface area (Å²) in [5.74, 6) is -1.04. The molecule has 0 saturated carbocycles. The number of aryl methyl sites for hydroxylation is 1. The summed E-state index contributed by atoms with van der Waals surface area (Å²) in [6.45, 7) is 7.47. The Morgan fingerprint density at radius 3 is 2.32 bits per heavy atom. The van der Waals surface area contributed by atoms with Gasteiger partial charge in [0, 0.05) is 39.7 Å². The number of rotatable bonds is 6. The molecule has 0 radical (unpaired) electrons. The number of nitrogens with zero attached hydrogens (tertiary/aromatic N) is 3. The molecular weight excluding hydrogens is 518 g/mol. The van der Waals surface area contributed by atoms with Crippen LogP contribution in [0.2, 0.25) is 5.02 Å². The lowest BCUT2D eigenvalue weighted by molar-refractivity contribution is -0.160. The minimum atomic E-state index is -1.16. The van der Waals surface area contributed by atoms with Crippen LogP contribution in [-0.2, 0) is 9.53 Å². The molecule has 1 atom stereocenters. The van der Waals surface area contributed by atoms with E-state index in [2.05, 4.69) is 16.0 Å². The highest BCUT2D eigenvalue weighted by Gasteiger charge is 2.32. The van der Waals surface area contributed by atoms with Crippen molar-refractivity contribution in [1.29, 1.82) is 0 Å². The van der Waals surface area contributed by atoms with Crippen LogP contribution in [0.1, 0.15) is 38.0 Å². The summed E-state index contributed by atoms with van der Waals surface area (Å²) in [5.41, 5.74) is 6.05. The molecule has 0 saturated heterocycles. The van der Waals surface area contributed by atoms with Crippen molar-refractivity contribution in [3.05, 3.63) is 89.5 Å². The first-order valence-corrected chi connectivity index (χ1v) is 13.3. The number of carboxylic acids is 1. The van der Waals surface area contributed by atoms with Crippen LogP contribution in [0, 0.1) is 6.92 Å². The first-order valence-electron chi connectivity index (χ1n) is 12.1. The molecule has 2 aromatic heterocycles. The van der Waals surface area contributed by atoms with Crippen molar-refractivity contribution >= 4 is 39.1 Å². The lowest BCUT2D eigenvalue weighted by Crippen LogP contribution is -2.28. The molecule has 1 unspecified atom stereocenters. The standard InChI is InChI=1S/C30H26ClN3O3S/c1-17-12-23-27(38-28(34-23)20-7-5-6-19(13-20)21-14-32-16-33-15-21)25(18-8-10-22(31)11-9-18)24(17)26(29(35)36)37-30(2,3)4/h5-16,26H,1-4H3,(H,35,36). The zero-order chi connectivity index (χ0) is 27.0. The van der Waals surface area contributed by atoms with E-state index in [0.717, 1.165) is 48.6 Å². The number of halogens is 1. The Morgan fingerprint density at radius 2 is 1.66 bits per heavy atom. The number of aromatic nitrogens is 3. The second kappa shape index (κ2) is 10.3. The van der Waals surface area contributed by atoms with E-state index in [4.69, 9.17) is 21.3 Å². The Balaban J connectivity index is 1.74. The molecule has 8 heteroatoms. The lowest BCUT2D eigenvalue weighted by atomic mass is 9.91. The molecule has 6 nitrogen and oxygen atoms in total. The van der Waals surface area contributed by atoms with E-state index >= 15 is 0 Å². The van der Waals surface area contributed by atoms with Crippen LogP contribution >= 0.6 is 22.9 Å². The highest BCUT2D eigenvalue weighted by atomic mass is 35.5. The van der Waals surface area contributed by atoms with E-state index in [-0.39, 0.29) is 0 Å². The predicted molar refractivity (Wildman–Crippen MR) is 152 cm³/mol. The predicted octanol–water partition coefficient (Wildman–Crippen LogP) is 7.99. The average Bonchev–Trinajstić information content (AvgIpc) is 3.31.